The van der Waals surface area contributed by atoms with Gasteiger partial charge in [0.15, 0.2) is 0 Å². The lowest BCUT2D eigenvalue weighted by Gasteiger charge is -2.43. The van der Waals surface area contributed by atoms with Crippen molar-refractivity contribution in [3.05, 3.63) is 48.3 Å². The van der Waals surface area contributed by atoms with Crippen molar-refractivity contribution in [2.75, 3.05) is 46.4 Å². The number of hydrogen-bond donors (Lipinski definition) is 2. The molecule has 214 valence electrons. The molecule has 1 saturated carbocycles. The maximum absolute atomic E-state index is 13.2. The molecule has 0 bridgehead atoms. The van der Waals surface area contributed by atoms with E-state index in [2.05, 4.69) is 9.71 Å². The first-order chi connectivity index (χ1) is 18.6. The molecule has 1 aromatic carbocycles. The molecule has 2 N–H and O–H groups in total. The molecule has 1 aromatic heterocycles. The van der Waals surface area contributed by atoms with Gasteiger partial charge in [0.25, 0.3) is 0 Å². The van der Waals surface area contributed by atoms with Gasteiger partial charge in [0.1, 0.15) is 15.5 Å². The van der Waals surface area contributed by atoms with E-state index in [1.54, 1.807) is 24.4 Å². The van der Waals surface area contributed by atoms with Gasteiger partial charge in [-0.15, -0.1) is 0 Å². The number of fused-ring (bicyclic) bond motifs is 1. The normalized spacial score (nSPS) is 25.3. The van der Waals surface area contributed by atoms with Crippen LogP contribution in [0.2, 0.25) is 0 Å². The van der Waals surface area contributed by atoms with Gasteiger partial charge in [-0.25, -0.2) is 21.6 Å². The Bertz CT molecular complexity index is 1360. The largest absolute Gasteiger partial charge is 0.492 e. The fourth-order valence-corrected chi connectivity index (χ4v) is 8.75. The van der Waals surface area contributed by atoms with Gasteiger partial charge >= 0.3 is 0 Å². The van der Waals surface area contributed by atoms with Crippen molar-refractivity contribution in [1.82, 2.24) is 18.9 Å². The summed E-state index contributed by atoms with van der Waals surface area (Å²) in [7, 11) is -5.69. The Morgan fingerprint density at radius 2 is 1.90 bits per heavy atom. The van der Waals surface area contributed by atoms with Gasteiger partial charge in [-0.05, 0) is 68.5 Å². The van der Waals surface area contributed by atoms with Crippen LogP contribution in [0.25, 0.3) is 0 Å². The Morgan fingerprint density at radius 1 is 1.15 bits per heavy atom. The Kier molecular flexibility index (Phi) is 8.33. The zero-order chi connectivity index (χ0) is 27.7. The second kappa shape index (κ2) is 11.4. The molecular formula is C27H38N4O6S2. The highest BCUT2D eigenvalue weighted by atomic mass is 32.2. The summed E-state index contributed by atoms with van der Waals surface area (Å²) in [4.78, 5) is 6.18. The molecule has 2 fully saturated rings. The van der Waals surface area contributed by atoms with Gasteiger partial charge in [0.05, 0.1) is 12.7 Å². The van der Waals surface area contributed by atoms with Crippen LogP contribution in [0.15, 0.2) is 52.5 Å². The minimum atomic E-state index is -3.91. The van der Waals surface area contributed by atoms with E-state index in [1.165, 1.54) is 10.5 Å². The first-order valence-corrected chi connectivity index (χ1v) is 16.5. The van der Waals surface area contributed by atoms with E-state index in [0.717, 1.165) is 31.2 Å². The van der Waals surface area contributed by atoms with Crippen molar-refractivity contribution >= 4 is 20.0 Å². The Morgan fingerprint density at radius 3 is 2.59 bits per heavy atom. The lowest BCUT2D eigenvalue weighted by molar-refractivity contribution is 0.0318. The Labute approximate surface area is 231 Å². The second-order valence-electron chi connectivity index (χ2n) is 11.3. The maximum atomic E-state index is 13.2. The number of benzene rings is 1. The number of nitrogens with one attached hydrogen (secondary N) is 1. The van der Waals surface area contributed by atoms with Crippen molar-refractivity contribution in [1.29, 1.82) is 0 Å². The third-order valence-electron chi connectivity index (χ3n) is 8.31. The number of β-amino-alcohol motifs (C(OH)–C–C–N with tert-alkyl or cyclic N) is 1. The number of likely N-dealkylation sites (N-methyl/N-ethyl adjacent to an activating group) is 1. The van der Waals surface area contributed by atoms with E-state index in [0.29, 0.717) is 44.1 Å². The minimum Gasteiger partial charge on any atom is -0.492 e. The number of pyridine rings is 1. The van der Waals surface area contributed by atoms with Crippen LogP contribution >= 0.6 is 0 Å². The first-order valence-electron chi connectivity index (χ1n) is 13.6. The quantitative estimate of drug-likeness (QED) is 0.567. The van der Waals surface area contributed by atoms with Crippen LogP contribution < -0.4 is 9.46 Å². The molecule has 1 spiro atoms. The minimum absolute atomic E-state index is 0.0668. The van der Waals surface area contributed by atoms with Crippen molar-refractivity contribution < 1.29 is 26.7 Å². The van der Waals surface area contributed by atoms with E-state index in [9.17, 15) is 21.9 Å². The molecule has 12 heteroatoms. The van der Waals surface area contributed by atoms with Crippen molar-refractivity contribution in [3.63, 3.8) is 0 Å². The van der Waals surface area contributed by atoms with Crippen LogP contribution in [0.1, 0.15) is 50.0 Å². The molecule has 1 saturated heterocycles. The van der Waals surface area contributed by atoms with Crippen LogP contribution in [0.4, 0.5) is 0 Å². The lowest BCUT2D eigenvalue weighted by Crippen LogP contribution is -2.51. The second-order valence-corrected chi connectivity index (χ2v) is 14.9. The summed E-state index contributed by atoms with van der Waals surface area (Å²) in [6, 6.07) is 8.52. The summed E-state index contributed by atoms with van der Waals surface area (Å²) in [6.07, 6.45) is 7.56. The van der Waals surface area contributed by atoms with Crippen LogP contribution in [-0.4, -0.2) is 88.6 Å². The van der Waals surface area contributed by atoms with Crippen LogP contribution in [0.3, 0.4) is 0 Å². The van der Waals surface area contributed by atoms with Gasteiger partial charge < -0.3 is 14.7 Å². The number of aromatic nitrogens is 1. The summed E-state index contributed by atoms with van der Waals surface area (Å²) in [6.45, 7) is 1.60. The topological polar surface area (TPSA) is 129 Å². The van der Waals surface area contributed by atoms with Gasteiger partial charge in [0.2, 0.25) is 20.0 Å². The highest BCUT2D eigenvalue weighted by Crippen LogP contribution is 2.40. The zero-order valence-corrected chi connectivity index (χ0v) is 24.0. The van der Waals surface area contributed by atoms with E-state index in [1.807, 2.05) is 24.1 Å². The molecule has 1 aliphatic carbocycles. The summed E-state index contributed by atoms with van der Waals surface area (Å²) in [5.74, 6) is 0.702. The number of hydrogen-bond acceptors (Lipinski definition) is 8. The molecule has 39 heavy (non-hydrogen) atoms. The number of aliphatic hydroxyl groups is 1. The molecule has 2 aliphatic heterocycles. The average molecular weight is 579 g/mol. The first kappa shape index (κ1) is 28.4. The average Bonchev–Trinajstić information content (AvgIpc) is 3.46. The van der Waals surface area contributed by atoms with Crippen molar-refractivity contribution in [3.8, 4) is 5.75 Å². The monoisotopic (exact) mass is 578 g/mol. The zero-order valence-electron chi connectivity index (χ0n) is 22.3. The van der Waals surface area contributed by atoms with Crippen molar-refractivity contribution in [2.45, 2.75) is 60.3 Å². The van der Waals surface area contributed by atoms with Crippen LogP contribution in [0.5, 0.6) is 5.75 Å². The SMILES string of the molecule is CN1CC(O)CNS(=O)(=O)c2ccc(C3CCCC3)cc2OCC2(CCN(S(=O)(=O)c3cccnc3)CC2)C1. The molecule has 3 aliphatic rings. The molecule has 1 atom stereocenters. The predicted molar refractivity (Wildman–Crippen MR) is 147 cm³/mol. The number of nitrogens with zero attached hydrogens (tertiary/aromatic N) is 3. The standard InChI is InChI=1S/C27H38N4O6S2/c1-30-18-23(32)16-29-38(33,34)26-9-8-22(21-5-2-3-6-21)15-25(26)37-20-27(19-30)10-13-31(14-11-27)39(35,36)24-7-4-12-28-17-24/h4,7-9,12,15,17,21,23,29,32H,2-3,5-6,10-11,13-14,16,18-20H2,1H3. The van der Waals surface area contributed by atoms with Gasteiger partial charge in [-0.3, -0.25) is 4.98 Å². The molecule has 5 rings (SSSR count). The smallest absolute Gasteiger partial charge is 0.244 e. The third-order valence-corrected chi connectivity index (χ3v) is 11.7. The summed E-state index contributed by atoms with van der Waals surface area (Å²) in [5, 5.41) is 10.6. The fourth-order valence-electron chi connectivity index (χ4n) is 6.15. The molecular weight excluding hydrogens is 540 g/mol. The van der Waals surface area contributed by atoms with Crippen molar-refractivity contribution in [2.24, 2.45) is 5.41 Å². The third kappa shape index (κ3) is 6.31. The molecule has 10 nitrogen and oxygen atoms in total. The molecule has 3 heterocycles. The summed E-state index contributed by atoms with van der Waals surface area (Å²) >= 11 is 0. The predicted octanol–water partition coefficient (Wildman–Crippen LogP) is 2.17. The van der Waals surface area contributed by atoms with E-state index >= 15 is 0 Å². The van der Waals surface area contributed by atoms with E-state index < -0.39 is 31.6 Å². The van der Waals surface area contributed by atoms with E-state index in [-0.39, 0.29) is 29.5 Å². The number of piperidine rings is 1. The number of rotatable bonds is 3. The van der Waals surface area contributed by atoms with Crippen LogP contribution in [0, 0.1) is 5.41 Å². The lowest BCUT2D eigenvalue weighted by atomic mass is 9.79. The number of aliphatic hydroxyl groups excluding tert-OH is 1. The fraction of sp³-hybridized carbons (Fsp3) is 0.593. The van der Waals surface area contributed by atoms with Gasteiger partial charge in [-0.1, -0.05) is 18.9 Å². The Hall–Kier alpha value is -2.09. The van der Waals surface area contributed by atoms with Crippen LogP contribution in [-0.2, 0) is 20.0 Å². The highest BCUT2D eigenvalue weighted by Gasteiger charge is 2.41. The molecule has 0 amide bonds. The molecule has 2 aromatic rings. The molecule has 1 unspecified atom stereocenters. The number of ether oxygens (including phenoxy) is 1. The summed E-state index contributed by atoms with van der Waals surface area (Å²) in [5.41, 5.74) is 0.657. The Balaban J connectivity index is 1.43. The van der Waals surface area contributed by atoms with E-state index in [4.69, 9.17) is 4.74 Å². The highest BCUT2D eigenvalue weighted by molar-refractivity contribution is 7.89. The van der Waals surface area contributed by atoms with Gasteiger partial charge in [-0.2, -0.15) is 4.31 Å². The van der Waals surface area contributed by atoms with Gasteiger partial charge in [0, 0.05) is 50.5 Å². The summed E-state index contributed by atoms with van der Waals surface area (Å²) < 4.78 is 63.3. The number of sulfonamides is 2. The molecule has 0 radical (unpaired) electrons. The maximum Gasteiger partial charge on any atom is 0.244 e.